The molecule has 26 heavy (non-hydrogen) atoms. The first-order valence-corrected chi connectivity index (χ1v) is 8.43. The van der Waals surface area contributed by atoms with Crippen LogP contribution in [0, 0.1) is 17.0 Å². The van der Waals surface area contributed by atoms with Crippen LogP contribution in [0.1, 0.15) is 17.1 Å². The van der Waals surface area contributed by atoms with E-state index in [2.05, 4.69) is 5.10 Å². The maximum atomic E-state index is 12.4. The minimum Gasteiger partial charge on any atom is -0.507 e. The molecule has 1 aromatic heterocycles. The molecule has 0 radical (unpaired) electrons. The first kappa shape index (κ1) is 17.8. The summed E-state index contributed by atoms with van der Waals surface area (Å²) in [4.78, 5) is 23.0. The molecule has 1 saturated heterocycles. The first-order valence-electron chi connectivity index (χ1n) is 7.21. The number of carbonyl (C=O) groups is 1. The number of non-ortho nitro benzene ring substituents is 1. The Morgan fingerprint density at radius 2 is 2.15 bits per heavy atom. The quantitative estimate of drug-likeness (QED) is 0.280. The minimum absolute atomic E-state index is 0.0962. The van der Waals surface area contributed by atoms with E-state index in [0.717, 1.165) is 29.1 Å². The number of nitro groups is 1. The number of hydrogen-bond acceptors (Lipinski definition) is 8. The minimum atomic E-state index is -0.593. The maximum Gasteiger partial charge on any atom is 0.286 e. The van der Waals surface area contributed by atoms with Gasteiger partial charge in [-0.2, -0.15) is 10.1 Å². The number of thiocarbonyl (C=S) groups is 1. The van der Waals surface area contributed by atoms with E-state index in [1.54, 1.807) is 25.1 Å². The Hall–Kier alpha value is -2.98. The van der Waals surface area contributed by atoms with Gasteiger partial charge in [-0.05, 0) is 37.3 Å². The van der Waals surface area contributed by atoms with Gasteiger partial charge in [0.15, 0.2) is 4.32 Å². The molecular weight excluding hydrogens is 378 g/mol. The van der Waals surface area contributed by atoms with Crippen molar-refractivity contribution in [2.24, 2.45) is 5.10 Å². The molecule has 8 nitrogen and oxygen atoms in total. The van der Waals surface area contributed by atoms with Gasteiger partial charge in [-0.25, -0.2) is 0 Å². The van der Waals surface area contributed by atoms with Gasteiger partial charge in [0.25, 0.3) is 11.6 Å². The molecule has 132 valence electrons. The molecule has 2 aromatic rings. The molecule has 1 aromatic carbocycles. The number of nitro benzene ring substituents is 1. The van der Waals surface area contributed by atoms with Gasteiger partial charge in [-0.3, -0.25) is 14.9 Å². The molecular formula is C16H11N3O5S2. The normalized spacial score (nSPS) is 16.2. The lowest BCUT2D eigenvalue weighted by atomic mass is 10.2. The maximum absolute atomic E-state index is 12.4. The van der Waals surface area contributed by atoms with Crippen LogP contribution in [0.15, 0.2) is 44.8 Å². The van der Waals surface area contributed by atoms with Crippen molar-refractivity contribution >= 4 is 52.2 Å². The number of benzene rings is 1. The van der Waals surface area contributed by atoms with Crippen LogP contribution in [-0.4, -0.2) is 31.5 Å². The van der Waals surface area contributed by atoms with Gasteiger partial charge in [-0.1, -0.05) is 11.8 Å². The average molecular weight is 389 g/mol. The molecule has 0 atom stereocenters. The Morgan fingerprint density at radius 3 is 2.81 bits per heavy atom. The number of furan rings is 1. The molecule has 1 fully saturated rings. The fourth-order valence-corrected chi connectivity index (χ4v) is 3.25. The van der Waals surface area contributed by atoms with Gasteiger partial charge in [0.05, 0.1) is 16.0 Å². The largest absolute Gasteiger partial charge is 0.507 e. The topological polar surface area (TPSA) is 109 Å². The number of hydrazone groups is 1. The van der Waals surface area contributed by atoms with E-state index in [1.165, 1.54) is 12.1 Å². The Balaban J connectivity index is 1.84. The van der Waals surface area contributed by atoms with Crippen LogP contribution in [0.3, 0.4) is 0 Å². The number of hydrogen-bond donors (Lipinski definition) is 1. The highest BCUT2D eigenvalue weighted by molar-refractivity contribution is 8.26. The van der Waals surface area contributed by atoms with Crippen LogP contribution in [0.5, 0.6) is 5.75 Å². The van der Waals surface area contributed by atoms with Crippen molar-refractivity contribution in [2.45, 2.75) is 6.92 Å². The average Bonchev–Trinajstić information content (AvgIpc) is 3.11. The SMILES string of the molecule is Cc1ccc(/C=C2\SC(=S)N(N=Cc3cc([N+](=O)[O-])ccc3O)C2=O)o1. The summed E-state index contributed by atoms with van der Waals surface area (Å²) in [6.07, 6.45) is 2.71. The second-order valence-electron chi connectivity index (χ2n) is 5.19. The number of nitrogens with zero attached hydrogens (tertiary/aromatic N) is 3. The summed E-state index contributed by atoms with van der Waals surface area (Å²) in [5, 5.41) is 25.6. The standard InChI is InChI=1S/C16H11N3O5S2/c1-9-2-4-12(24-9)7-14-15(21)18(16(25)26-14)17-8-10-6-11(19(22)23)3-5-13(10)20/h2-8,20H,1H3/b14-7-,17-8?. The molecule has 0 spiro atoms. The lowest BCUT2D eigenvalue weighted by Crippen LogP contribution is -2.22. The number of amides is 1. The van der Waals surface area contributed by atoms with Gasteiger partial charge in [-0.15, -0.1) is 0 Å². The second kappa shape index (κ2) is 7.10. The summed E-state index contributed by atoms with van der Waals surface area (Å²) >= 11 is 6.20. The lowest BCUT2D eigenvalue weighted by Gasteiger charge is -2.06. The number of phenols is 1. The molecule has 2 heterocycles. The molecule has 0 saturated carbocycles. The van der Waals surface area contributed by atoms with Crippen molar-refractivity contribution < 1.29 is 19.2 Å². The zero-order valence-electron chi connectivity index (χ0n) is 13.3. The molecule has 1 N–H and O–H groups in total. The highest BCUT2D eigenvalue weighted by atomic mass is 32.2. The molecule has 1 aliphatic rings. The van der Waals surface area contributed by atoms with Gasteiger partial charge >= 0.3 is 0 Å². The molecule has 1 aliphatic heterocycles. The van der Waals surface area contributed by atoms with E-state index in [0.29, 0.717) is 16.4 Å². The molecule has 10 heteroatoms. The zero-order valence-corrected chi connectivity index (χ0v) is 14.9. The van der Waals surface area contributed by atoms with Crippen LogP contribution in [0.25, 0.3) is 6.08 Å². The molecule has 1 amide bonds. The van der Waals surface area contributed by atoms with Gasteiger partial charge in [0.1, 0.15) is 17.3 Å². The second-order valence-corrected chi connectivity index (χ2v) is 6.86. The summed E-state index contributed by atoms with van der Waals surface area (Å²) < 4.78 is 5.61. The molecule has 0 unspecified atom stereocenters. The number of aryl methyl sites for hydroxylation is 1. The Labute approximate surface area is 156 Å². The van der Waals surface area contributed by atoms with Crippen molar-refractivity contribution in [2.75, 3.05) is 0 Å². The smallest absolute Gasteiger partial charge is 0.286 e. The van der Waals surface area contributed by atoms with Crippen molar-refractivity contribution in [1.29, 1.82) is 0 Å². The van der Waals surface area contributed by atoms with Crippen molar-refractivity contribution in [3.05, 3.63) is 62.4 Å². The number of aromatic hydroxyl groups is 1. The fraction of sp³-hybridized carbons (Fsp3) is 0.0625. The van der Waals surface area contributed by atoms with Crippen molar-refractivity contribution in [3.8, 4) is 5.75 Å². The van der Waals surface area contributed by atoms with E-state index in [-0.39, 0.29) is 21.3 Å². The number of phenolic OH excluding ortho intramolecular Hbond substituents is 1. The predicted molar refractivity (Wildman–Crippen MR) is 101 cm³/mol. The number of rotatable bonds is 4. The Bertz CT molecular complexity index is 980. The zero-order chi connectivity index (χ0) is 18.8. The summed E-state index contributed by atoms with van der Waals surface area (Å²) in [6.45, 7) is 1.79. The summed E-state index contributed by atoms with van der Waals surface area (Å²) in [7, 11) is 0. The van der Waals surface area contributed by atoms with E-state index in [4.69, 9.17) is 16.6 Å². The van der Waals surface area contributed by atoms with Crippen LogP contribution in [0.4, 0.5) is 5.69 Å². The highest BCUT2D eigenvalue weighted by Crippen LogP contribution is 2.33. The van der Waals surface area contributed by atoms with E-state index < -0.39 is 10.8 Å². The fourth-order valence-electron chi connectivity index (χ4n) is 2.10. The van der Waals surface area contributed by atoms with Gasteiger partial charge in [0.2, 0.25) is 0 Å². The molecule has 0 bridgehead atoms. The number of thioether (sulfide) groups is 1. The van der Waals surface area contributed by atoms with Crippen molar-refractivity contribution in [1.82, 2.24) is 5.01 Å². The van der Waals surface area contributed by atoms with Crippen LogP contribution < -0.4 is 0 Å². The summed E-state index contributed by atoms with van der Waals surface area (Å²) in [5.41, 5.74) is -0.110. The first-order chi connectivity index (χ1) is 12.3. The molecule has 0 aliphatic carbocycles. The van der Waals surface area contributed by atoms with E-state index in [9.17, 15) is 20.0 Å². The van der Waals surface area contributed by atoms with Crippen LogP contribution in [0.2, 0.25) is 0 Å². The third-order valence-electron chi connectivity index (χ3n) is 3.34. The third kappa shape index (κ3) is 3.65. The summed E-state index contributed by atoms with van der Waals surface area (Å²) in [6, 6.07) is 7.00. The third-order valence-corrected chi connectivity index (χ3v) is 4.62. The Kier molecular flexibility index (Phi) is 4.87. The van der Waals surface area contributed by atoms with Gasteiger partial charge < -0.3 is 9.52 Å². The van der Waals surface area contributed by atoms with Crippen molar-refractivity contribution in [3.63, 3.8) is 0 Å². The van der Waals surface area contributed by atoms with E-state index in [1.807, 2.05) is 0 Å². The van der Waals surface area contributed by atoms with Crippen LogP contribution >= 0.6 is 24.0 Å². The van der Waals surface area contributed by atoms with Gasteiger partial charge in [0, 0.05) is 23.8 Å². The van der Waals surface area contributed by atoms with Crippen LogP contribution in [-0.2, 0) is 4.79 Å². The van der Waals surface area contributed by atoms with E-state index >= 15 is 0 Å². The summed E-state index contributed by atoms with van der Waals surface area (Å²) in [5.74, 6) is 0.579. The molecule has 3 rings (SSSR count). The lowest BCUT2D eigenvalue weighted by molar-refractivity contribution is -0.384. The Morgan fingerprint density at radius 1 is 1.38 bits per heavy atom. The predicted octanol–water partition coefficient (Wildman–Crippen LogP) is 3.44. The highest BCUT2D eigenvalue weighted by Gasteiger charge is 2.32. The monoisotopic (exact) mass is 389 g/mol. The number of carbonyl (C=O) groups excluding carboxylic acids is 1.